The molecular formula is C16H17Br2OP. The highest BCUT2D eigenvalue weighted by Gasteiger charge is 2.39. The fourth-order valence-corrected chi connectivity index (χ4v) is 5.74. The van der Waals surface area contributed by atoms with Gasteiger partial charge in [0.15, 0.2) is 0 Å². The zero-order valence-electron chi connectivity index (χ0n) is 11.7. The van der Waals surface area contributed by atoms with Crippen LogP contribution in [0.15, 0.2) is 57.5 Å². The van der Waals surface area contributed by atoms with Crippen molar-refractivity contribution in [3.8, 4) is 0 Å². The summed E-state index contributed by atoms with van der Waals surface area (Å²) >= 11 is 6.87. The van der Waals surface area contributed by atoms with Crippen molar-refractivity contribution in [2.24, 2.45) is 0 Å². The van der Waals surface area contributed by atoms with Crippen molar-refractivity contribution in [2.45, 2.75) is 25.9 Å². The molecular weight excluding hydrogens is 399 g/mol. The van der Waals surface area contributed by atoms with Crippen LogP contribution in [0, 0.1) is 0 Å². The Hall–Kier alpha value is -0.370. The predicted octanol–water partition coefficient (Wildman–Crippen LogP) is 5.32. The normalized spacial score (nSPS) is 12.4. The average Bonchev–Trinajstić information content (AvgIpc) is 2.38. The van der Waals surface area contributed by atoms with Gasteiger partial charge in [-0.05, 0) is 24.3 Å². The molecule has 0 radical (unpaired) electrons. The second kappa shape index (κ2) is 5.79. The summed E-state index contributed by atoms with van der Waals surface area (Å²) in [5.41, 5.74) is 0. The third-order valence-corrected chi connectivity index (χ3v) is 8.32. The van der Waals surface area contributed by atoms with Crippen LogP contribution in [0.1, 0.15) is 20.8 Å². The Kier molecular flexibility index (Phi) is 4.63. The number of rotatable bonds is 2. The summed E-state index contributed by atoms with van der Waals surface area (Å²) < 4.78 is 15.8. The quantitative estimate of drug-likeness (QED) is 0.606. The molecule has 0 heterocycles. The first-order chi connectivity index (χ1) is 9.25. The molecule has 0 unspecified atom stereocenters. The monoisotopic (exact) mass is 414 g/mol. The maximum Gasteiger partial charge on any atom is 0.148 e. The van der Waals surface area contributed by atoms with Crippen LogP contribution in [-0.2, 0) is 4.57 Å². The molecule has 0 aliphatic heterocycles. The van der Waals surface area contributed by atoms with Crippen molar-refractivity contribution in [3.05, 3.63) is 57.5 Å². The molecule has 2 rings (SSSR count). The van der Waals surface area contributed by atoms with Crippen molar-refractivity contribution < 1.29 is 4.57 Å². The smallest absolute Gasteiger partial charge is 0.148 e. The summed E-state index contributed by atoms with van der Waals surface area (Å²) in [5, 5.41) is 1.47. The van der Waals surface area contributed by atoms with Crippen molar-refractivity contribution in [1.29, 1.82) is 0 Å². The largest absolute Gasteiger partial charge is 0.313 e. The second-order valence-corrected chi connectivity index (χ2v) is 11.2. The van der Waals surface area contributed by atoms with Crippen molar-refractivity contribution in [2.75, 3.05) is 0 Å². The highest BCUT2D eigenvalue weighted by Crippen LogP contribution is 2.55. The molecule has 4 heteroatoms. The summed E-state index contributed by atoms with van der Waals surface area (Å²) in [6, 6.07) is 15.6. The summed E-state index contributed by atoms with van der Waals surface area (Å²) in [4.78, 5) is 0. The first-order valence-corrected chi connectivity index (χ1v) is 9.67. The minimum Gasteiger partial charge on any atom is -0.313 e. The molecule has 20 heavy (non-hydrogen) atoms. The minimum atomic E-state index is -2.69. The molecule has 2 aromatic carbocycles. The van der Waals surface area contributed by atoms with Gasteiger partial charge in [0.05, 0.1) is 0 Å². The van der Waals surface area contributed by atoms with Crippen LogP contribution < -0.4 is 10.6 Å². The lowest BCUT2D eigenvalue weighted by Gasteiger charge is -2.32. The van der Waals surface area contributed by atoms with E-state index in [9.17, 15) is 4.57 Å². The van der Waals surface area contributed by atoms with Crippen LogP contribution in [0.2, 0.25) is 0 Å². The van der Waals surface area contributed by atoms with Gasteiger partial charge in [-0.1, -0.05) is 76.9 Å². The molecule has 0 N–H and O–H groups in total. The van der Waals surface area contributed by atoms with E-state index in [1.54, 1.807) is 0 Å². The molecule has 0 atom stereocenters. The molecule has 106 valence electrons. The Morgan fingerprint density at radius 3 is 1.30 bits per heavy atom. The van der Waals surface area contributed by atoms with Crippen LogP contribution in [-0.4, -0.2) is 5.16 Å². The molecule has 0 aliphatic carbocycles. The van der Waals surface area contributed by atoms with Crippen LogP contribution in [0.4, 0.5) is 0 Å². The van der Waals surface area contributed by atoms with E-state index < -0.39 is 7.14 Å². The summed E-state index contributed by atoms with van der Waals surface area (Å²) in [5.74, 6) is 0. The Morgan fingerprint density at radius 2 is 1.05 bits per heavy atom. The maximum absolute atomic E-state index is 13.8. The standard InChI is InChI=1S/C16H17Br2OP/c1-16(2,3)20(19,14-8-4-12(17)5-9-14)15-10-6-13(18)7-11-15/h4-11H,1-3H3. The maximum atomic E-state index is 13.8. The zero-order chi connectivity index (χ0) is 15.0. The fourth-order valence-electron chi connectivity index (χ4n) is 2.23. The number of halogens is 2. The van der Waals surface area contributed by atoms with Crippen LogP contribution >= 0.6 is 39.0 Å². The van der Waals surface area contributed by atoms with Crippen molar-refractivity contribution >= 4 is 49.6 Å². The lowest BCUT2D eigenvalue weighted by atomic mass is 10.3. The number of hydrogen-bond donors (Lipinski definition) is 0. The topological polar surface area (TPSA) is 17.1 Å². The van der Waals surface area contributed by atoms with E-state index in [1.165, 1.54) is 0 Å². The fraction of sp³-hybridized carbons (Fsp3) is 0.250. The van der Waals surface area contributed by atoms with Gasteiger partial charge in [-0.2, -0.15) is 0 Å². The van der Waals surface area contributed by atoms with E-state index in [1.807, 2.05) is 69.3 Å². The molecule has 0 saturated heterocycles. The van der Waals surface area contributed by atoms with Crippen LogP contribution in [0.25, 0.3) is 0 Å². The highest BCUT2D eigenvalue weighted by molar-refractivity contribution is 9.10. The first-order valence-electron chi connectivity index (χ1n) is 6.37. The van der Waals surface area contributed by atoms with Crippen LogP contribution in [0.3, 0.4) is 0 Å². The molecule has 0 fully saturated rings. The molecule has 0 aliphatic rings. The summed E-state index contributed by atoms with van der Waals surface area (Å²) in [6.45, 7) is 6.12. The van der Waals surface area contributed by atoms with Gasteiger partial charge in [-0.25, -0.2) is 0 Å². The third-order valence-electron chi connectivity index (χ3n) is 3.33. The Balaban J connectivity index is 2.66. The Morgan fingerprint density at radius 1 is 0.750 bits per heavy atom. The van der Waals surface area contributed by atoms with Gasteiger partial charge >= 0.3 is 0 Å². The van der Waals surface area contributed by atoms with Gasteiger partial charge in [0.2, 0.25) is 0 Å². The number of hydrogen-bond acceptors (Lipinski definition) is 1. The third kappa shape index (κ3) is 2.95. The minimum absolute atomic E-state index is 0.325. The zero-order valence-corrected chi connectivity index (χ0v) is 15.8. The van der Waals surface area contributed by atoms with Gasteiger partial charge in [-0.3, -0.25) is 0 Å². The number of benzene rings is 2. The molecule has 2 aromatic rings. The van der Waals surface area contributed by atoms with Crippen molar-refractivity contribution in [3.63, 3.8) is 0 Å². The summed E-state index contributed by atoms with van der Waals surface area (Å²) in [6.07, 6.45) is 0. The average molecular weight is 416 g/mol. The first kappa shape index (κ1) is 16.0. The Labute approximate surface area is 137 Å². The molecule has 0 amide bonds. The van der Waals surface area contributed by atoms with E-state index in [2.05, 4.69) is 31.9 Å². The van der Waals surface area contributed by atoms with E-state index in [-0.39, 0.29) is 5.16 Å². The van der Waals surface area contributed by atoms with Gasteiger partial charge in [0.1, 0.15) is 7.14 Å². The van der Waals surface area contributed by atoms with E-state index in [0.29, 0.717) is 0 Å². The second-order valence-electron chi connectivity index (χ2n) is 5.73. The van der Waals surface area contributed by atoms with E-state index in [4.69, 9.17) is 0 Å². The molecule has 1 nitrogen and oxygen atoms in total. The van der Waals surface area contributed by atoms with Crippen LogP contribution in [0.5, 0.6) is 0 Å². The van der Waals surface area contributed by atoms with Crippen molar-refractivity contribution in [1.82, 2.24) is 0 Å². The highest BCUT2D eigenvalue weighted by atomic mass is 79.9. The molecule has 0 spiro atoms. The van der Waals surface area contributed by atoms with Gasteiger partial charge < -0.3 is 4.57 Å². The molecule has 0 saturated carbocycles. The predicted molar refractivity (Wildman–Crippen MR) is 94.9 cm³/mol. The van der Waals surface area contributed by atoms with Gasteiger partial charge in [0.25, 0.3) is 0 Å². The summed E-state index contributed by atoms with van der Waals surface area (Å²) in [7, 11) is -2.69. The van der Waals surface area contributed by atoms with E-state index >= 15 is 0 Å². The van der Waals surface area contributed by atoms with E-state index in [0.717, 1.165) is 19.6 Å². The molecule has 0 aromatic heterocycles. The van der Waals surface area contributed by atoms with Gasteiger partial charge in [-0.15, -0.1) is 0 Å². The Bertz CT molecular complexity index is 590. The lowest BCUT2D eigenvalue weighted by Crippen LogP contribution is -2.30. The molecule has 0 bridgehead atoms. The SMILES string of the molecule is CC(C)(C)P(=O)(c1ccc(Br)cc1)c1ccc(Br)cc1. The van der Waals surface area contributed by atoms with Gasteiger partial charge in [0, 0.05) is 24.7 Å². The lowest BCUT2D eigenvalue weighted by molar-refractivity contribution is 0.564.